The van der Waals surface area contributed by atoms with Crippen LogP contribution >= 0.6 is 0 Å². The van der Waals surface area contributed by atoms with Crippen LogP contribution in [0, 0.1) is 0 Å². The number of carbonyl (C=O) groups excluding carboxylic acids is 4. The molecule has 0 saturated heterocycles. The Morgan fingerprint density at radius 3 is 1.02 bits per heavy atom. The van der Waals surface area contributed by atoms with Gasteiger partial charge < -0.3 is 23.7 Å². The molecule has 6 aromatic carbocycles. The van der Waals surface area contributed by atoms with Gasteiger partial charge in [0, 0.05) is 19.3 Å². The molecule has 6 aromatic rings. The van der Waals surface area contributed by atoms with E-state index in [0.29, 0.717) is 17.2 Å². The number of methoxy groups -OCH3 is 1. The van der Waals surface area contributed by atoms with Crippen molar-refractivity contribution >= 4 is 23.5 Å². The summed E-state index contributed by atoms with van der Waals surface area (Å²) in [6.45, 7) is 11.7. The highest BCUT2D eigenvalue weighted by Crippen LogP contribution is 2.33. The second-order valence-electron chi connectivity index (χ2n) is 13.7. The first-order valence-electron chi connectivity index (χ1n) is 19.1. The first kappa shape index (κ1) is 48.3. The SMILES string of the molecule is CC(=O)COc1ccc(Cc2ccc(OC(C)=O)cc2)cc1.CC(C)=O.COc1ccc(C(C)(C)c2ccc(OC(C)=O)cc2)cc1.c1ccccc1.c1ccccc1. The predicted octanol–water partition coefficient (Wildman–Crippen LogP) is 11.1. The minimum Gasteiger partial charge on any atom is -0.497 e. The first-order chi connectivity index (χ1) is 28.2. The molecule has 0 spiro atoms. The molecule has 59 heavy (non-hydrogen) atoms. The molecule has 8 heteroatoms. The van der Waals surface area contributed by atoms with Crippen LogP contribution in [0.3, 0.4) is 0 Å². The number of ether oxygens (including phenoxy) is 4. The lowest BCUT2D eigenvalue weighted by atomic mass is 9.78. The summed E-state index contributed by atoms with van der Waals surface area (Å²) < 4.78 is 20.6. The van der Waals surface area contributed by atoms with Gasteiger partial charge in [-0.3, -0.25) is 14.4 Å². The molecule has 0 aliphatic rings. The molecule has 0 amide bonds. The lowest BCUT2D eigenvalue weighted by Gasteiger charge is -2.26. The number of carbonyl (C=O) groups is 4. The van der Waals surface area contributed by atoms with Crippen molar-refractivity contribution in [2.45, 2.75) is 60.3 Å². The molecule has 0 bridgehead atoms. The highest BCUT2D eigenvalue weighted by Gasteiger charge is 2.23. The average molecular weight is 797 g/mol. The van der Waals surface area contributed by atoms with Crippen LogP contribution in [0.2, 0.25) is 0 Å². The summed E-state index contributed by atoms with van der Waals surface area (Å²) in [5.41, 5.74) is 4.47. The van der Waals surface area contributed by atoms with Crippen molar-refractivity contribution < 1.29 is 38.1 Å². The predicted molar refractivity (Wildman–Crippen MR) is 235 cm³/mol. The Labute approximate surface area is 349 Å². The van der Waals surface area contributed by atoms with Crippen molar-refractivity contribution in [3.8, 4) is 23.0 Å². The number of Topliss-reactive ketones (excluding diaryl/α,β-unsaturated/α-hetero) is 2. The topological polar surface area (TPSA) is 105 Å². The maximum atomic E-state index is 10.9. The van der Waals surface area contributed by atoms with Crippen molar-refractivity contribution in [3.63, 3.8) is 0 Å². The molecular weight excluding hydrogens is 741 g/mol. The van der Waals surface area contributed by atoms with E-state index < -0.39 is 0 Å². The fourth-order valence-corrected chi connectivity index (χ4v) is 5.02. The van der Waals surface area contributed by atoms with E-state index in [1.165, 1.54) is 40.2 Å². The summed E-state index contributed by atoms with van der Waals surface area (Å²) in [7, 11) is 1.66. The third kappa shape index (κ3) is 21.3. The van der Waals surface area contributed by atoms with Crippen LogP contribution in [-0.4, -0.2) is 37.2 Å². The Hall–Kier alpha value is -6.80. The van der Waals surface area contributed by atoms with Gasteiger partial charge in [0.15, 0.2) is 5.78 Å². The zero-order valence-electron chi connectivity index (χ0n) is 35.3. The molecular formula is C51H56O8. The Morgan fingerprint density at radius 1 is 0.441 bits per heavy atom. The molecule has 0 atom stereocenters. The van der Waals surface area contributed by atoms with Gasteiger partial charge >= 0.3 is 11.9 Å². The lowest BCUT2D eigenvalue weighted by molar-refractivity contribution is -0.132. The van der Waals surface area contributed by atoms with E-state index in [4.69, 9.17) is 18.9 Å². The summed E-state index contributed by atoms with van der Waals surface area (Å²) in [6, 6.07) is 54.7. The van der Waals surface area contributed by atoms with E-state index >= 15 is 0 Å². The minimum absolute atomic E-state index is 0.00283. The molecule has 0 aliphatic heterocycles. The van der Waals surface area contributed by atoms with Crippen molar-refractivity contribution in [2.24, 2.45) is 0 Å². The van der Waals surface area contributed by atoms with E-state index in [1.54, 1.807) is 19.2 Å². The number of hydrogen-bond acceptors (Lipinski definition) is 8. The smallest absolute Gasteiger partial charge is 0.308 e. The summed E-state index contributed by atoms with van der Waals surface area (Å²) in [4.78, 5) is 42.1. The van der Waals surface area contributed by atoms with Crippen LogP contribution in [0.4, 0.5) is 0 Å². The molecule has 0 heterocycles. The van der Waals surface area contributed by atoms with Crippen molar-refractivity contribution in [1.82, 2.24) is 0 Å². The number of benzene rings is 6. The van der Waals surface area contributed by atoms with Gasteiger partial charge in [-0.2, -0.15) is 0 Å². The number of esters is 2. The highest BCUT2D eigenvalue weighted by molar-refractivity contribution is 5.77. The Kier molecular flexibility index (Phi) is 22.1. The molecule has 6 rings (SSSR count). The standard InChI is InChI=1S/C18H18O4.C18H20O3.2C6H6.C3H6O/c1-13(19)12-21-17-7-3-15(4-8-17)11-16-5-9-18(10-6-16)22-14(2)20;1-13(19)21-17-11-7-15(8-12-17)18(2,3)14-5-9-16(20-4)10-6-14;2*1-2-4-6-5-3-1;1-3(2)4/h3-10H,11-12H2,1-2H3;5-12H,1-4H3;2*1-6H;1-2H3. The second kappa shape index (κ2) is 26.9. The first-order valence-corrected chi connectivity index (χ1v) is 19.1. The van der Waals surface area contributed by atoms with Gasteiger partial charge in [-0.05, 0) is 98.0 Å². The summed E-state index contributed by atoms with van der Waals surface area (Å²) >= 11 is 0. The van der Waals surface area contributed by atoms with E-state index in [1.807, 2.05) is 146 Å². The van der Waals surface area contributed by atoms with Gasteiger partial charge in [0.25, 0.3) is 0 Å². The van der Waals surface area contributed by atoms with Gasteiger partial charge in [-0.25, -0.2) is 0 Å². The molecule has 0 unspecified atom stereocenters. The summed E-state index contributed by atoms with van der Waals surface area (Å²) in [5, 5.41) is 0. The fraction of sp³-hybridized carbons (Fsp3) is 0.216. The minimum atomic E-state index is -0.325. The number of rotatable bonds is 10. The average Bonchev–Trinajstić information content (AvgIpc) is 3.23. The second-order valence-corrected chi connectivity index (χ2v) is 13.7. The number of ketones is 2. The van der Waals surface area contributed by atoms with Gasteiger partial charge in [0.05, 0.1) is 7.11 Å². The zero-order valence-corrected chi connectivity index (χ0v) is 35.3. The lowest BCUT2D eigenvalue weighted by Crippen LogP contribution is -2.18. The molecule has 0 saturated carbocycles. The maximum Gasteiger partial charge on any atom is 0.308 e. The molecule has 0 fully saturated rings. The number of hydrogen-bond donors (Lipinski definition) is 0. The summed E-state index contributed by atoms with van der Waals surface area (Å²) in [5.74, 6) is 2.17. The third-order valence-electron chi connectivity index (χ3n) is 7.94. The van der Waals surface area contributed by atoms with Crippen LogP contribution in [0.5, 0.6) is 23.0 Å². The van der Waals surface area contributed by atoms with Gasteiger partial charge in [-0.1, -0.05) is 135 Å². The van der Waals surface area contributed by atoms with E-state index in [9.17, 15) is 19.2 Å². The maximum absolute atomic E-state index is 10.9. The van der Waals surface area contributed by atoms with Crippen LogP contribution in [0.15, 0.2) is 170 Å². The monoisotopic (exact) mass is 796 g/mol. The van der Waals surface area contributed by atoms with Crippen molar-refractivity contribution in [2.75, 3.05) is 13.7 Å². The van der Waals surface area contributed by atoms with Crippen LogP contribution < -0.4 is 18.9 Å². The Balaban J connectivity index is 0.000000296. The Morgan fingerprint density at radius 2 is 0.729 bits per heavy atom. The molecule has 308 valence electrons. The molecule has 0 aromatic heterocycles. The van der Waals surface area contributed by atoms with Gasteiger partial charge in [-0.15, -0.1) is 0 Å². The van der Waals surface area contributed by atoms with E-state index in [2.05, 4.69) is 26.0 Å². The largest absolute Gasteiger partial charge is 0.497 e. The molecule has 0 N–H and O–H groups in total. The van der Waals surface area contributed by atoms with Crippen molar-refractivity contribution in [1.29, 1.82) is 0 Å². The van der Waals surface area contributed by atoms with Gasteiger partial charge in [0.1, 0.15) is 35.4 Å². The van der Waals surface area contributed by atoms with Crippen molar-refractivity contribution in [3.05, 3.63) is 192 Å². The van der Waals surface area contributed by atoms with Gasteiger partial charge in [0.2, 0.25) is 0 Å². The van der Waals surface area contributed by atoms with Crippen LogP contribution in [0.1, 0.15) is 70.7 Å². The quantitative estimate of drug-likeness (QED) is 0.0997. The fourth-order valence-electron chi connectivity index (χ4n) is 5.02. The Bertz CT molecular complexity index is 1990. The molecule has 8 nitrogen and oxygen atoms in total. The van der Waals surface area contributed by atoms with E-state index in [-0.39, 0.29) is 35.5 Å². The van der Waals surface area contributed by atoms with E-state index in [0.717, 1.165) is 28.9 Å². The summed E-state index contributed by atoms with van der Waals surface area (Å²) in [6.07, 6.45) is 0.771. The van der Waals surface area contributed by atoms with Crippen LogP contribution in [0.25, 0.3) is 0 Å². The third-order valence-corrected chi connectivity index (χ3v) is 7.94. The normalized spacial score (nSPS) is 9.76. The molecule has 0 aliphatic carbocycles. The highest BCUT2D eigenvalue weighted by atomic mass is 16.5. The zero-order chi connectivity index (χ0) is 43.5. The van der Waals surface area contributed by atoms with Crippen LogP contribution in [-0.2, 0) is 31.0 Å². The molecule has 0 radical (unpaired) electrons.